The molecule has 1 heteroatoms. The second-order valence-corrected chi connectivity index (χ2v) is 5.67. The Morgan fingerprint density at radius 2 is 1.94 bits per heavy atom. The van der Waals surface area contributed by atoms with E-state index >= 15 is 0 Å². The third-order valence-electron chi connectivity index (χ3n) is 3.44. The lowest BCUT2D eigenvalue weighted by molar-refractivity contribution is 0.415. The topological polar surface area (TPSA) is 26.0 Å². The summed E-state index contributed by atoms with van der Waals surface area (Å²) in [6, 6.07) is 0. The van der Waals surface area contributed by atoms with E-state index in [1.54, 1.807) is 0 Å². The molecule has 0 aliphatic heterocycles. The summed E-state index contributed by atoms with van der Waals surface area (Å²) < 4.78 is 0. The lowest BCUT2D eigenvalue weighted by Gasteiger charge is -2.20. The van der Waals surface area contributed by atoms with Gasteiger partial charge in [0.1, 0.15) is 0 Å². The Hall–Kier alpha value is -0.560. The normalized spacial score (nSPS) is 32.7. The van der Waals surface area contributed by atoms with Crippen LogP contribution in [0.1, 0.15) is 52.9 Å². The van der Waals surface area contributed by atoms with Crippen LogP contribution in [0.2, 0.25) is 0 Å². The van der Waals surface area contributed by atoms with Gasteiger partial charge < -0.3 is 5.73 Å². The van der Waals surface area contributed by atoms with Gasteiger partial charge in [0.2, 0.25) is 0 Å². The Morgan fingerprint density at radius 1 is 1.19 bits per heavy atom. The van der Waals surface area contributed by atoms with Crippen LogP contribution in [-0.4, -0.2) is 5.54 Å². The molecule has 92 valence electrons. The minimum Gasteiger partial charge on any atom is -0.319 e. The first-order valence-corrected chi connectivity index (χ1v) is 6.67. The summed E-state index contributed by atoms with van der Waals surface area (Å²) in [5, 5.41) is 0. The number of hydrogen-bond donors (Lipinski definition) is 1. The molecule has 0 aromatic rings. The molecule has 0 radical (unpaired) electrons. The van der Waals surface area contributed by atoms with Gasteiger partial charge in [0.15, 0.2) is 0 Å². The van der Waals surface area contributed by atoms with E-state index in [9.17, 15) is 0 Å². The number of rotatable bonds is 1. The van der Waals surface area contributed by atoms with Gasteiger partial charge >= 0.3 is 0 Å². The van der Waals surface area contributed by atoms with Gasteiger partial charge in [-0.3, -0.25) is 0 Å². The maximum absolute atomic E-state index is 6.21. The maximum atomic E-state index is 6.21. The van der Waals surface area contributed by atoms with E-state index in [4.69, 9.17) is 5.73 Å². The molecule has 1 rings (SSSR count). The largest absolute Gasteiger partial charge is 0.319 e. The highest BCUT2D eigenvalue weighted by molar-refractivity contribution is 5.15. The second-order valence-electron chi connectivity index (χ2n) is 5.67. The molecule has 2 unspecified atom stereocenters. The minimum atomic E-state index is -0.266. The molecule has 0 fully saturated rings. The molecule has 1 aliphatic carbocycles. The first-order valence-electron chi connectivity index (χ1n) is 6.67. The van der Waals surface area contributed by atoms with E-state index in [0.29, 0.717) is 5.92 Å². The summed E-state index contributed by atoms with van der Waals surface area (Å²) in [6.45, 7) is 6.69. The predicted molar refractivity (Wildman–Crippen MR) is 72.3 cm³/mol. The average Bonchev–Trinajstić information content (AvgIpc) is 2.22. The van der Waals surface area contributed by atoms with E-state index in [0.717, 1.165) is 5.92 Å². The summed E-state index contributed by atoms with van der Waals surface area (Å²) in [5.74, 6) is 1.41. The highest BCUT2D eigenvalue weighted by Gasteiger charge is 2.14. The molecule has 0 saturated carbocycles. The number of nitrogens with two attached hydrogens (primary N) is 1. The third-order valence-corrected chi connectivity index (χ3v) is 3.44. The van der Waals surface area contributed by atoms with Crippen molar-refractivity contribution < 1.29 is 0 Å². The first-order chi connectivity index (χ1) is 7.51. The van der Waals surface area contributed by atoms with E-state index < -0.39 is 0 Å². The molecule has 16 heavy (non-hydrogen) atoms. The first kappa shape index (κ1) is 13.5. The van der Waals surface area contributed by atoms with Crippen LogP contribution >= 0.6 is 0 Å². The van der Waals surface area contributed by atoms with E-state index in [1.165, 1.54) is 32.1 Å². The lowest BCUT2D eigenvalue weighted by atomic mass is 9.88. The van der Waals surface area contributed by atoms with Crippen LogP contribution in [0, 0.1) is 11.8 Å². The van der Waals surface area contributed by atoms with Gasteiger partial charge in [0, 0.05) is 5.54 Å². The molecular formula is C15H27N. The van der Waals surface area contributed by atoms with Crippen molar-refractivity contribution in [2.75, 3.05) is 0 Å². The molecule has 1 aliphatic rings. The van der Waals surface area contributed by atoms with Gasteiger partial charge in [-0.05, 0) is 38.0 Å². The standard InChI is InChI=1S/C15H27N/c1-13(2)14-9-7-5-4-6-8-11-15(3,16)12-10-14/h8,10-14H,4-7,9,16H2,1-3H3. The Bertz CT molecular complexity index is 248. The van der Waals surface area contributed by atoms with Crippen LogP contribution in [0.5, 0.6) is 0 Å². The molecule has 0 spiro atoms. The van der Waals surface area contributed by atoms with Gasteiger partial charge in [-0.1, -0.05) is 51.0 Å². The van der Waals surface area contributed by atoms with Crippen LogP contribution in [0.25, 0.3) is 0 Å². The Labute approximate surface area is 101 Å². The highest BCUT2D eigenvalue weighted by Crippen LogP contribution is 2.22. The van der Waals surface area contributed by atoms with E-state index in [2.05, 4.69) is 45.1 Å². The van der Waals surface area contributed by atoms with Crippen molar-refractivity contribution in [2.24, 2.45) is 17.6 Å². The minimum absolute atomic E-state index is 0.266. The Balaban J connectivity index is 2.73. The predicted octanol–water partition coefficient (Wildman–Crippen LogP) is 4.05. The van der Waals surface area contributed by atoms with Crippen molar-refractivity contribution in [3.8, 4) is 0 Å². The monoisotopic (exact) mass is 221 g/mol. The summed E-state index contributed by atoms with van der Waals surface area (Å²) in [5.41, 5.74) is 5.94. The van der Waals surface area contributed by atoms with Crippen molar-refractivity contribution in [2.45, 2.75) is 58.4 Å². The van der Waals surface area contributed by atoms with Crippen molar-refractivity contribution >= 4 is 0 Å². The van der Waals surface area contributed by atoms with Gasteiger partial charge in [-0.25, -0.2) is 0 Å². The summed E-state index contributed by atoms with van der Waals surface area (Å²) in [7, 11) is 0. The van der Waals surface area contributed by atoms with Gasteiger partial charge in [-0.15, -0.1) is 0 Å². The van der Waals surface area contributed by atoms with E-state index in [1.807, 2.05) is 0 Å². The Kier molecular flexibility index (Phi) is 5.27. The fourth-order valence-electron chi connectivity index (χ4n) is 2.19. The van der Waals surface area contributed by atoms with Crippen molar-refractivity contribution in [1.29, 1.82) is 0 Å². The summed E-state index contributed by atoms with van der Waals surface area (Å²) in [4.78, 5) is 0. The van der Waals surface area contributed by atoms with Crippen LogP contribution < -0.4 is 5.73 Å². The van der Waals surface area contributed by atoms with Gasteiger partial charge in [0.05, 0.1) is 0 Å². The molecular weight excluding hydrogens is 194 g/mol. The Morgan fingerprint density at radius 3 is 2.62 bits per heavy atom. The molecule has 2 N–H and O–H groups in total. The van der Waals surface area contributed by atoms with Gasteiger partial charge in [0.25, 0.3) is 0 Å². The fourth-order valence-corrected chi connectivity index (χ4v) is 2.19. The molecule has 0 amide bonds. The zero-order valence-electron chi connectivity index (χ0n) is 11.1. The van der Waals surface area contributed by atoms with E-state index in [-0.39, 0.29) is 5.54 Å². The van der Waals surface area contributed by atoms with Crippen LogP contribution in [0.15, 0.2) is 24.3 Å². The van der Waals surface area contributed by atoms with Crippen molar-refractivity contribution in [3.63, 3.8) is 0 Å². The van der Waals surface area contributed by atoms with Crippen molar-refractivity contribution in [1.82, 2.24) is 0 Å². The van der Waals surface area contributed by atoms with Crippen LogP contribution in [0.3, 0.4) is 0 Å². The third kappa shape index (κ3) is 4.98. The SMILES string of the molecule is CC(C)C1C=CC(C)(N)C=CCCCCC1. The summed E-state index contributed by atoms with van der Waals surface area (Å²) >= 11 is 0. The average molecular weight is 221 g/mol. The molecule has 1 nitrogen and oxygen atoms in total. The maximum Gasteiger partial charge on any atom is 0.0496 e. The fraction of sp³-hybridized carbons (Fsp3) is 0.733. The quantitative estimate of drug-likeness (QED) is 0.664. The lowest BCUT2D eigenvalue weighted by Crippen LogP contribution is -2.31. The highest BCUT2D eigenvalue weighted by atomic mass is 14.7. The number of allylic oxidation sites excluding steroid dienone is 2. The zero-order chi connectivity index (χ0) is 12.0. The molecule has 0 bridgehead atoms. The molecule has 0 heterocycles. The van der Waals surface area contributed by atoms with Crippen LogP contribution in [0.4, 0.5) is 0 Å². The summed E-state index contributed by atoms with van der Waals surface area (Å²) in [6.07, 6.45) is 15.4. The second kappa shape index (κ2) is 6.24. The van der Waals surface area contributed by atoms with Crippen molar-refractivity contribution in [3.05, 3.63) is 24.3 Å². The molecule has 0 saturated heterocycles. The smallest absolute Gasteiger partial charge is 0.0496 e. The molecule has 0 aromatic heterocycles. The molecule has 0 aromatic carbocycles. The van der Waals surface area contributed by atoms with Crippen LogP contribution in [-0.2, 0) is 0 Å². The zero-order valence-corrected chi connectivity index (χ0v) is 11.1. The van der Waals surface area contributed by atoms with Gasteiger partial charge in [-0.2, -0.15) is 0 Å². The number of hydrogen-bond acceptors (Lipinski definition) is 1. The molecule has 2 atom stereocenters.